The summed E-state index contributed by atoms with van der Waals surface area (Å²) in [7, 11) is -2.50. The number of unbranched alkanes of at least 4 members (excludes halogenated alkanes) is 4. The van der Waals surface area contributed by atoms with Crippen molar-refractivity contribution in [2.24, 2.45) is 41.1 Å². The lowest BCUT2D eigenvalue weighted by atomic mass is 9.95. The highest BCUT2D eigenvalue weighted by Gasteiger charge is 2.51. The van der Waals surface area contributed by atoms with E-state index in [1.54, 1.807) is 10.4 Å². The van der Waals surface area contributed by atoms with Crippen LogP contribution in [0.2, 0.25) is 12.1 Å². The van der Waals surface area contributed by atoms with Crippen LogP contribution in [0.1, 0.15) is 168 Å². The van der Waals surface area contributed by atoms with Gasteiger partial charge in [-0.3, -0.25) is 0 Å². The van der Waals surface area contributed by atoms with Crippen LogP contribution in [0.4, 0.5) is 22.7 Å². The number of fused-ring (bicyclic) bond motifs is 7. The fourth-order valence-corrected chi connectivity index (χ4v) is 31.2. The standard InChI is InChI=1S/C68H78N8S10Si/c1-9-17-21-39(13-5)33-43-25-27-45(77-43)47-29-31-49(79-47)55-59-63(73-83-69-59)57(64-60(55)70-84-74-64)51-35-53-67(81-51)68-54(87(53,37-41(15-7)23-19-11-3)38-42(16-8)24-20-12-4)36-52(82-68)58-65-61(71-85-75-65)56(62-66(58)76-86-72-62)50-32-30-48(80-50)46-28-26-44(78-46)34-40(14-6)22-18-10-2/h25-32,35-36,39-42H,9-24,33-34,37-38H2,1-8H3. The summed E-state index contributed by atoms with van der Waals surface area (Å²) < 4.78 is 41.5. The van der Waals surface area contributed by atoms with Gasteiger partial charge in [-0.2, -0.15) is 34.9 Å². The van der Waals surface area contributed by atoms with Crippen molar-refractivity contribution in [3.05, 3.63) is 70.4 Å². The molecular weight excluding hydrogens is 1280 g/mol. The minimum Gasteiger partial charge on any atom is -0.172 e. The van der Waals surface area contributed by atoms with Gasteiger partial charge in [0.05, 0.1) is 46.2 Å². The van der Waals surface area contributed by atoms with Gasteiger partial charge in [-0.1, -0.05) is 158 Å². The van der Waals surface area contributed by atoms with Gasteiger partial charge in [0, 0.05) is 80.8 Å². The summed E-state index contributed by atoms with van der Waals surface area (Å²) in [6.45, 7) is 19.0. The lowest BCUT2D eigenvalue weighted by molar-refractivity contribution is 0.452. The number of benzene rings is 2. The molecule has 0 saturated heterocycles. The van der Waals surface area contributed by atoms with Crippen LogP contribution < -0.4 is 10.4 Å². The molecular formula is C68H78N8S10Si. The molecule has 3 aliphatic heterocycles. The average Bonchev–Trinajstić information content (AvgIpc) is 1.56. The third-order valence-corrected chi connectivity index (χ3v) is 34.1. The number of aromatic nitrogens is 4. The topological polar surface area (TPSA) is 101 Å². The van der Waals surface area contributed by atoms with Gasteiger partial charge in [0.25, 0.3) is 0 Å². The van der Waals surface area contributed by atoms with Gasteiger partial charge in [0.2, 0.25) is 0 Å². The van der Waals surface area contributed by atoms with Gasteiger partial charge in [-0.15, -0.1) is 68.0 Å². The van der Waals surface area contributed by atoms with Crippen LogP contribution in [0.3, 0.4) is 0 Å². The van der Waals surface area contributed by atoms with Gasteiger partial charge in [-0.25, -0.2) is 0 Å². The van der Waals surface area contributed by atoms with E-state index in [0.29, 0.717) is 11.8 Å². The van der Waals surface area contributed by atoms with E-state index in [1.165, 1.54) is 232 Å². The SMILES string of the molecule is CCCCC(CC)Cc1ccc(-c2ccc(-c3c4c(c(-c5cc6c(s5)-c5sc(-c7c8c(c(-c9ccc(-c%10ccc(CC(CC)CCCC)s%10)s9)c9nsnc79)N=S=N8)cc5[Si]6(CC(CC)CCCC)CC(CC)CCCC)c5nsnc35)N=S=N4)s2)s1. The van der Waals surface area contributed by atoms with E-state index in [-0.39, 0.29) is 0 Å². The molecule has 0 spiro atoms. The van der Waals surface area contributed by atoms with E-state index in [9.17, 15) is 0 Å². The maximum atomic E-state index is 5.22. The number of thiophene rings is 6. The van der Waals surface area contributed by atoms with Gasteiger partial charge in [0.15, 0.2) is 0 Å². The van der Waals surface area contributed by atoms with Gasteiger partial charge < -0.3 is 0 Å². The van der Waals surface area contributed by atoms with Crippen molar-refractivity contribution in [2.45, 2.75) is 183 Å². The molecule has 11 heterocycles. The Labute approximate surface area is 555 Å². The molecule has 0 radical (unpaired) electrons. The average molecular weight is 1360 g/mol. The first-order valence-electron chi connectivity index (χ1n) is 32.2. The summed E-state index contributed by atoms with van der Waals surface area (Å²) in [5, 5.41) is 3.27. The van der Waals surface area contributed by atoms with Crippen molar-refractivity contribution in [1.82, 2.24) is 17.5 Å². The lowest BCUT2D eigenvalue weighted by Crippen LogP contribution is -2.56. The van der Waals surface area contributed by atoms with Crippen molar-refractivity contribution in [2.75, 3.05) is 0 Å². The van der Waals surface area contributed by atoms with Crippen LogP contribution >= 0.6 is 91.5 Å². The molecule has 87 heavy (non-hydrogen) atoms. The van der Waals surface area contributed by atoms with Crippen LogP contribution in [0.5, 0.6) is 0 Å². The molecule has 3 aliphatic rings. The summed E-state index contributed by atoms with van der Waals surface area (Å²) in [6, 6.07) is 26.5. The van der Waals surface area contributed by atoms with E-state index >= 15 is 0 Å². The normalized spacial score (nSPS) is 16.2. The molecule has 0 amide bonds. The molecule has 0 aliphatic carbocycles. The second-order valence-corrected chi connectivity index (χ2v) is 37.3. The van der Waals surface area contributed by atoms with Crippen LogP contribution in [0.15, 0.2) is 78.1 Å². The number of rotatable bonds is 30. The minimum atomic E-state index is -2.50. The van der Waals surface area contributed by atoms with Crippen LogP contribution in [-0.2, 0) is 35.6 Å². The highest BCUT2D eigenvalue weighted by atomic mass is 32.1. The number of hydrogen-bond donors (Lipinski definition) is 0. The molecule has 10 aromatic rings. The third-order valence-electron chi connectivity index (χ3n) is 19.0. The Hall–Kier alpha value is -3.86. The molecule has 8 nitrogen and oxygen atoms in total. The van der Waals surface area contributed by atoms with Crippen LogP contribution in [0.25, 0.3) is 93.1 Å². The highest BCUT2D eigenvalue weighted by molar-refractivity contribution is 7.58. The predicted octanol–water partition coefficient (Wildman–Crippen LogP) is 25.0. The van der Waals surface area contributed by atoms with Crippen molar-refractivity contribution >= 4 is 177 Å². The fourth-order valence-electron chi connectivity index (χ4n) is 14.0. The van der Waals surface area contributed by atoms with Crippen molar-refractivity contribution in [3.63, 3.8) is 0 Å². The molecule has 0 saturated carbocycles. The zero-order chi connectivity index (χ0) is 59.8. The third kappa shape index (κ3) is 11.9. The quantitative estimate of drug-likeness (QED) is 0.0419. The molecule has 0 bridgehead atoms. The Bertz CT molecular complexity index is 3970. The van der Waals surface area contributed by atoms with Gasteiger partial charge in [0.1, 0.15) is 52.9 Å². The summed E-state index contributed by atoms with van der Waals surface area (Å²) in [5.74, 6) is 2.78. The Morgan fingerprint density at radius 2 is 0.678 bits per heavy atom. The Kier molecular flexibility index (Phi) is 19.6. The first-order chi connectivity index (χ1) is 42.7. The smallest absolute Gasteiger partial charge is 0.122 e. The summed E-state index contributed by atoms with van der Waals surface area (Å²) in [4.78, 5) is 16.0. The molecule has 4 atom stereocenters. The van der Waals surface area contributed by atoms with E-state index in [1.807, 2.05) is 68.0 Å². The summed E-state index contributed by atoms with van der Waals surface area (Å²) in [6.07, 6.45) is 22.5. The molecule has 4 unspecified atom stereocenters. The maximum absolute atomic E-state index is 5.22. The Morgan fingerprint density at radius 3 is 1.03 bits per heavy atom. The second kappa shape index (κ2) is 27.5. The van der Waals surface area contributed by atoms with Crippen molar-refractivity contribution < 1.29 is 0 Å². The summed E-state index contributed by atoms with van der Waals surface area (Å²) in [5.41, 5.74) is 11.9. The van der Waals surface area contributed by atoms with E-state index in [4.69, 9.17) is 34.9 Å². The molecule has 2 aromatic carbocycles. The molecule has 0 fully saturated rings. The molecule has 0 N–H and O–H groups in total. The zero-order valence-electron chi connectivity index (χ0n) is 51.4. The van der Waals surface area contributed by atoms with Crippen LogP contribution in [-0.4, -0.2) is 25.6 Å². The molecule has 8 aromatic heterocycles. The molecule has 13 rings (SSSR count). The first kappa shape index (κ1) is 62.0. The van der Waals surface area contributed by atoms with Gasteiger partial charge >= 0.3 is 0 Å². The zero-order valence-corrected chi connectivity index (χ0v) is 60.6. The van der Waals surface area contributed by atoms with E-state index in [2.05, 4.69) is 116 Å². The minimum absolute atomic E-state index is 0.642. The van der Waals surface area contributed by atoms with Crippen LogP contribution in [0, 0.1) is 23.7 Å². The monoisotopic (exact) mass is 1350 g/mol. The predicted molar refractivity (Wildman–Crippen MR) is 392 cm³/mol. The van der Waals surface area contributed by atoms with E-state index < -0.39 is 8.07 Å². The summed E-state index contributed by atoms with van der Waals surface area (Å²) >= 11 is 16.9. The van der Waals surface area contributed by atoms with Gasteiger partial charge in [-0.05, 0) is 120 Å². The second-order valence-electron chi connectivity index (χ2n) is 24.5. The highest BCUT2D eigenvalue weighted by Crippen LogP contribution is 2.59. The molecule has 454 valence electrons. The first-order valence-corrected chi connectivity index (χ1v) is 42.5. The molecule has 19 heteroatoms. The Balaban J connectivity index is 0.919. The lowest BCUT2D eigenvalue weighted by Gasteiger charge is -2.35. The number of hydrogen-bond acceptors (Lipinski definition) is 16. The largest absolute Gasteiger partial charge is 0.172 e. The number of nitrogens with zero attached hydrogens (tertiary/aromatic N) is 8. The van der Waals surface area contributed by atoms with Crippen molar-refractivity contribution in [1.29, 1.82) is 0 Å². The maximum Gasteiger partial charge on any atom is 0.122 e. The fraction of sp³-hybridized carbons (Fsp3) is 0.471. The van der Waals surface area contributed by atoms with E-state index in [0.717, 1.165) is 78.9 Å². The Morgan fingerprint density at radius 1 is 0.356 bits per heavy atom. The van der Waals surface area contributed by atoms with Crippen molar-refractivity contribution in [3.8, 4) is 71.0 Å².